The van der Waals surface area contributed by atoms with Crippen molar-refractivity contribution in [3.8, 4) is 0 Å². The fourth-order valence-electron chi connectivity index (χ4n) is 5.27. The Hall–Kier alpha value is -2.66. The second-order valence-electron chi connectivity index (χ2n) is 8.74. The zero-order valence-electron chi connectivity index (χ0n) is 16.6. The largest absolute Gasteiger partial charge is 0.327 e. The number of amides is 1. The van der Waals surface area contributed by atoms with Gasteiger partial charge in [0.2, 0.25) is 5.91 Å². The second-order valence-corrected chi connectivity index (χ2v) is 8.74. The van der Waals surface area contributed by atoms with Gasteiger partial charge in [0.15, 0.2) is 0 Å². The molecule has 150 valence electrons. The van der Waals surface area contributed by atoms with E-state index in [1.807, 2.05) is 36.7 Å². The molecule has 0 saturated heterocycles. The molecule has 2 aliphatic carbocycles. The van der Waals surface area contributed by atoms with Gasteiger partial charge in [0.1, 0.15) is 0 Å². The highest BCUT2D eigenvalue weighted by molar-refractivity contribution is 5.92. The van der Waals surface area contributed by atoms with Crippen LogP contribution in [0.25, 0.3) is 11.0 Å². The molecule has 2 fully saturated rings. The summed E-state index contributed by atoms with van der Waals surface area (Å²) in [5, 5.41) is 3.13. The molecule has 2 aliphatic rings. The van der Waals surface area contributed by atoms with E-state index in [2.05, 4.69) is 33.1 Å². The Bertz CT molecular complexity index is 995. The summed E-state index contributed by atoms with van der Waals surface area (Å²) < 4.78 is 2.15. The van der Waals surface area contributed by atoms with Gasteiger partial charge >= 0.3 is 0 Å². The average molecular weight is 389 g/mol. The van der Waals surface area contributed by atoms with Crippen molar-refractivity contribution in [2.45, 2.75) is 44.7 Å². The van der Waals surface area contributed by atoms with Crippen molar-refractivity contribution in [2.75, 3.05) is 5.32 Å². The Morgan fingerprint density at radius 3 is 2.55 bits per heavy atom. The summed E-state index contributed by atoms with van der Waals surface area (Å²) in [5.74, 6) is 1.29. The van der Waals surface area contributed by atoms with Gasteiger partial charge in [-0.3, -0.25) is 4.79 Å². The lowest BCUT2D eigenvalue weighted by atomic mass is 9.65. The number of carbonyl (C=O) groups is 1. The molecular formula is C24H28N4O. The summed E-state index contributed by atoms with van der Waals surface area (Å²) in [6.45, 7) is 0.763. The van der Waals surface area contributed by atoms with Gasteiger partial charge in [-0.25, -0.2) is 4.98 Å². The van der Waals surface area contributed by atoms with Gasteiger partial charge in [-0.05, 0) is 67.3 Å². The summed E-state index contributed by atoms with van der Waals surface area (Å²) in [4.78, 5) is 17.3. The summed E-state index contributed by atoms with van der Waals surface area (Å²) >= 11 is 0. The van der Waals surface area contributed by atoms with E-state index in [-0.39, 0.29) is 11.8 Å². The third-order valence-corrected chi connectivity index (χ3v) is 6.89. The maximum atomic E-state index is 12.8. The molecule has 5 heteroatoms. The number of nitrogens with one attached hydrogen (secondary N) is 1. The number of para-hydroxylation sites is 2. The maximum Gasteiger partial charge on any atom is 0.227 e. The van der Waals surface area contributed by atoms with Gasteiger partial charge < -0.3 is 15.6 Å². The van der Waals surface area contributed by atoms with Crippen molar-refractivity contribution in [3.63, 3.8) is 0 Å². The maximum absolute atomic E-state index is 12.8. The van der Waals surface area contributed by atoms with Gasteiger partial charge in [-0.1, -0.05) is 30.7 Å². The zero-order valence-corrected chi connectivity index (χ0v) is 16.6. The van der Waals surface area contributed by atoms with Crippen molar-refractivity contribution in [1.82, 2.24) is 9.55 Å². The highest BCUT2D eigenvalue weighted by Gasteiger charge is 2.40. The molecule has 2 bridgehead atoms. The molecule has 2 aromatic carbocycles. The fraction of sp³-hybridized carbons (Fsp3) is 0.417. The first-order chi connectivity index (χ1) is 14.2. The Morgan fingerprint density at radius 2 is 1.79 bits per heavy atom. The molecule has 1 aromatic heterocycles. The molecule has 0 spiro atoms. The predicted octanol–water partition coefficient (Wildman–Crippen LogP) is 4.18. The predicted molar refractivity (Wildman–Crippen MR) is 115 cm³/mol. The van der Waals surface area contributed by atoms with Gasteiger partial charge in [-0.2, -0.15) is 0 Å². The molecule has 0 radical (unpaired) electrons. The fourth-order valence-corrected chi connectivity index (χ4v) is 5.27. The number of fused-ring (bicyclic) bond motifs is 3. The van der Waals surface area contributed by atoms with E-state index >= 15 is 0 Å². The van der Waals surface area contributed by atoms with Crippen LogP contribution in [0.2, 0.25) is 0 Å². The quantitative estimate of drug-likeness (QED) is 0.704. The van der Waals surface area contributed by atoms with Gasteiger partial charge in [0.05, 0.1) is 17.4 Å². The molecule has 3 aromatic rings. The molecule has 29 heavy (non-hydrogen) atoms. The molecule has 1 amide bonds. The van der Waals surface area contributed by atoms with Crippen molar-refractivity contribution in [1.29, 1.82) is 0 Å². The number of nitrogens with zero attached hydrogens (tertiary/aromatic N) is 2. The Balaban J connectivity index is 1.23. The van der Waals surface area contributed by atoms with Gasteiger partial charge in [0.25, 0.3) is 0 Å². The van der Waals surface area contributed by atoms with E-state index in [0.717, 1.165) is 36.1 Å². The van der Waals surface area contributed by atoms with Crippen LogP contribution in [0, 0.1) is 17.8 Å². The minimum absolute atomic E-state index is 0.0992. The Morgan fingerprint density at radius 1 is 1.07 bits per heavy atom. The molecule has 1 heterocycles. The number of hydrogen-bond donors (Lipinski definition) is 2. The van der Waals surface area contributed by atoms with Crippen LogP contribution < -0.4 is 11.1 Å². The Kier molecular flexibility index (Phi) is 4.84. The summed E-state index contributed by atoms with van der Waals surface area (Å²) in [7, 11) is 0. The first-order valence-corrected chi connectivity index (χ1v) is 10.7. The molecule has 2 atom stereocenters. The number of imidazole rings is 1. The summed E-state index contributed by atoms with van der Waals surface area (Å²) in [6.07, 6.45) is 7.39. The topological polar surface area (TPSA) is 72.9 Å². The first-order valence-electron chi connectivity index (χ1n) is 10.7. The monoisotopic (exact) mass is 388 g/mol. The highest BCUT2D eigenvalue weighted by Crippen LogP contribution is 2.42. The first kappa shape index (κ1) is 18.4. The van der Waals surface area contributed by atoms with Crippen LogP contribution in [0.4, 0.5) is 5.69 Å². The van der Waals surface area contributed by atoms with Crippen molar-refractivity contribution in [3.05, 3.63) is 60.4 Å². The standard InChI is InChI=1S/C24H28N4O/c25-23-17-4-3-5-18(23)13-19(12-17)24(29)27-20-10-8-16(9-11-20)14-28-15-26-21-6-1-2-7-22(21)28/h1-2,6-11,15,17-19,23H,3-5,12-14,25H2,(H,27,29). The van der Waals surface area contributed by atoms with Crippen LogP contribution in [0.5, 0.6) is 0 Å². The van der Waals surface area contributed by atoms with Crippen LogP contribution in [-0.4, -0.2) is 21.5 Å². The number of aromatic nitrogens is 2. The van der Waals surface area contributed by atoms with Crippen LogP contribution in [0.1, 0.15) is 37.7 Å². The molecule has 5 rings (SSSR count). The third-order valence-electron chi connectivity index (χ3n) is 6.89. The lowest BCUT2D eigenvalue weighted by Crippen LogP contribution is -2.48. The van der Waals surface area contributed by atoms with E-state index in [1.165, 1.54) is 24.8 Å². The number of benzene rings is 2. The zero-order chi connectivity index (χ0) is 19.8. The SMILES string of the molecule is NC1C2CCCC1CC(C(=O)Nc1ccc(Cn3cnc4ccccc43)cc1)C2. The normalized spacial score (nSPS) is 26.4. The smallest absolute Gasteiger partial charge is 0.227 e. The summed E-state index contributed by atoms with van der Waals surface area (Å²) in [6, 6.07) is 16.6. The Labute approximate surface area is 171 Å². The minimum atomic E-state index is 0.0992. The average Bonchev–Trinajstić information content (AvgIpc) is 3.12. The van der Waals surface area contributed by atoms with Crippen molar-refractivity contribution in [2.24, 2.45) is 23.5 Å². The van der Waals surface area contributed by atoms with E-state index in [4.69, 9.17) is 5.73 Å². The van der Waals surface area contributed by atoms with Gasteiger partial charge in [-0.15, -0.1) is 0 Å². The molecule has 5 nitrogen and oxygen atoms in total. The number of hydrogen-bond acceptors (Lipinski definition) is 3. The molecule has 2 saturated carbocycles. The van der Waals surface area contributed by atoms with Crippen LogP contribution in [0.15, 0.2) is 54.9 Å². The van der Waals surface area contributed by atoms with Crippen LogP contribution in [0.3, 0.4) is 0 Å². The van der Waals surface area contributed by atoms with E-state index in [0.29, 0.717) is 17.9 Å². The number of rotatable bonds is 4. The van der Waals surface area contributed by atoms with Gasteiger partial charge in [0, 0.05) is 24.2 Å². The third kappa shape index (κ3) is 3.67. The van der Waals surface area contributed by atoms with Crippen molar-refractivity contribution >= 4 is 22.6 Å². The van der Waals surface area contributed by atoms with Crippen LogP contribution in [-0.2, 0) is 11.3 Å². The molecular weight excluding hydrogens is 360 g/mol. The highest BCUT2D eigenvalue weighted by atomic mass is 16.1. The van der Waals surface area contributed by atoms with E-state index in [9.17, 15) is 4.79 Å². The number of anilines is 1. The molecule has 3 N–H and O–H groups in total. The second kappa shape index (κ2) is 7.64. The molecule has 2 unspecified atom stereocenters. The number of carbonyl (C=O) groups excluding carboxylic acids is 1. The number of nitrogens with two attached hydrogens (primary N) is 1. The summed E-state index contributed by atoms with van der Waals surface area (Å²) in [5.41, 5.74) is 10.6. The van der Waals surface area contributed by atoms with E-state index < -0.39 is 0 Å². The van der Waals surface area contributed by atoms with E-state index in [1.54, 1.807) is 0 Å². The lowest BCUT2D eigenvalue weighted by molar-refractivity contribution is -0.122. The minimum Gasteiger partial charge on any atom is -0.327 e. The molecule has 0 aliphatic heterocycles. The van der Waals surface area contributed by atoms with Crippen molar-refractivity contribution < 1.29 is 4.79 Å². The van der Waals surface area contributed by atoms with Crippen LogP contribution >= 0.6 is 0 Å². The lowest BCUT2D eigenvalue weighted by Gasteiger charge is -2.43.